The van der Waals surface area contributed by atoms with Crippen molar-refractivity contribution in [3.63, 3.8) is 0 Å². The van der Waals surface area contributed by atoms with Crippen molar-refractivity contribution < 1.29 is 14.4 Å². The van der Waals surface area contributed by atoms with Gasteiger partial charge in [-0.25, -0.2) is 9.59 Å². The van der Waals surface area contributed by atoms with Crippen LogP contribution in [0, 0.1) is 24.2 Å². The molecule has 1 aromatic heterocycles. The number of nitrogen functional groups attached to an aromatic ring is 1. The third-order valence-corrected chi connectivity index (χ3v) is 11.2. The number of carbonyl (C=O) groups excluding carboxylic acids is 3. The fraction of sp³-hybridized carbons (Fsp3) is 0.545. The Kier molecular flexibility index (Phi) is 9.73. The fourth-order valence-corrected chi connectivity index (χ4v) is 8.41. The van der Waals surface area contributed by atoms with Crippen molar-refractivity contribution in [3.05, 3.63) is 44.6 Å². The Bertz CT molecular complexity index is 1450. The summed E-state index contributed by atoms with van der Waals surface area (Å²) in [5.41, 5.74) is 9.61. The van der Waals surface area contributed by atoms with E-state index in [1.165, 1.54) is 12.8 Å². The van der Waals surface area contributed by atoms with E-state index in [9.17, 15) is 14.4 Å². The number of amides is 5. The van der Waals surface area contributed by atoms with Gasteiger partial charge < -0.3 is 36.4 Å². The zero-order chi connectivity index (χ0) is 31.5. The van der Waals surface area contributed by atoms with Crippen LogP contribution in [0.2, 0.25) is 5.02 Å². The summed E-state index contributed by atoms with van der Waals surface area (Å²) in [7, 11) is 0. The quantitative estimate of drug-likeness (QED) is 0.274. The molecule has 0 saturated carbocycles. The van der Waals surface area contributed by atoms with Crippen molar-refractivity contribution in [1.29, 1.82) is 0 Å². The van der Waals surface area contributed by atoms with Crippen LogP contribution in [0.5, 0.6) is 0 Å². The molecule has 45 heavy (non-hydrogen) atoms. The SMILES string of the molecule is C#Cc1cc(C[C@@H](NC(=O)N2CCC(N3Cc4cscc4NC3=O)CC2)C(=O)N2CCC(C3CCNCC3)CC2)cc(Cl)c1N. The number of urea groups is 2. The summed E-state index contributed by atoms with van der Waals surface area (Å²) in [6.45, 7) is 5.08. The van der Waals surface area contributed by atoms with E-state index in [2.05, 4.69) is 27.3 Å². The number of anilines is 2. The van der Waals surface area contributed by atoms with Crippen LogP contribution in [0.3, 0.4) is 0 Å². The topological polar surface area (TPSA) is 123 Å². The van der Waals surface area contributed by atoms with E-state index in [1.54, 1.807) is 28.4 Å². The summed E-state index contributed by atoms with van der Waals surface area (Å²) in [5.74, 6) is 3.83. The average molecular weight is 652 g/mol. The third-order valence-electron chi connectivity index (χ3n) is 10.1. The minimum atomic E-state index is -0.777. The van der Waals surface area contributed by atoms with Crippen molar-refractivity contribution in [2.45, 2.75) is 63.6 Å². The van der Waals surface area contributed by atoms with Crippen LogP contribution in [0.4, 0.5) is 21.0 Å². The lowest BCUT2D eigenvalue weighted by Gasteiger charge is -2.41. The number of halogens is 1. The molecule has 2 aromatic rings. The number of terminal acetylenes is 1. The number of hydrogen-bond acceptors (Lipinski definition) is 6. The Balaban J connectivity index is 1.11. The number of nitrogens with zero attached hydrogens (tertiary/aromatic N) is 3. The smallest absolute Gasteiger partial charge is 0.322 e. The van der Waals surface area contributed by atoms with E-state index >= 15 is 0 Å². The second-order valence-corrected chi connectivity index (χ2v) is 13.9. The first kappa shape index (κ1) is 31.5. The summed E-state index contributed by atoms with van der Waals surface area (Å²) in [4.78, 5) is 45.9. The maximum atomic E-state index is 14.0. The van der Waals surface area contributed by atoms with Crippen LogP contribution in [0.15, 0.2) is 22.9 Å². The lowest BCUT2D eigenvalue weighted by atomic mass is 9.79. The molecule has 240 valence electrons. The number of piperidine rings is 3. The molecular formula is C33H42ClN7O3S. The molecule has 4 aliphatic heterocycles. The summed E-state index contributed by atoms with van der Waals surface area (Å²) in [6, 6.07) is 2.39. The number of rotatable bonds is 6. The van der Waals surface area contributed by atoms with Gasteiger partial charge in [0.1, 0.15) is 6.04 Å². The second-order valence-electron chi connectivity index (χ2n) is 12.7. The van der Waals surface area contributed by atoms with Gasteiger partial charge in [0.25, 0.3) is 0 Å². The highest BCUT2D eigenvalue weighted by Crippen LogP contribution is 2.32. The number of benzene rings is 1. The first-order chi connectivity index (χ1) is 21.8. The summed E-state index contributed by atoms with van der Waals surface area (Å²) in [6.07, 6.45) is 11.6. The highest BCUT2D eigenvalue weighted by molar-refractivity contribution is 7.08. The van der Waals surface area contributed by atoms with Crippen molar-refractivity contribution >= 4 is 52.3 Å². The maximum absolute atomic E-state index is 14.0. The van der Waals surface area contributed by atoms with Crippen molar-refractivity contribution in [2.75, 3.05) is 50.3 Å². The Labute approximate surface area is 274 Å². The van der Waals surface area contributed by atoms with E-state index in [0.717, 1.165) is 42.7 Å². The zero-order valence-electron chi connectivity index (χ0n) is 25.5. The molecule has 0 unspecified atom stereocenters. The molecule has 4 aliphatic rings. The van der Waals surface area contributed by atoms with Crippen LogP contribution < -0.4 is 21.7 Å². The summed E-state index contributed by atoms with van der Waals surface area (Å²) in [5, 5.41) is 13.8. The molecule has 3 saturated heterocycles. The molecule has 10 nitrogen and oxygen atoms in total. The Morgan fingerprint density at radius 1 is 1.04 bits per heavy atom. The Hall–Kier alpha value is -3.46. The number of fused-ring (bicyclic) bond motifs is 1. The summed E-state index contributed by atoms with van der Waals surface area (Å²) >= 11 is 7.97. The molecule has 5 amide bonds. The molecule has 0 aliphatic carbocycles. The first-order valence-corrected chi connectivity index (χ1v) is 17.3. The Morgan fingerprint density at radius 2 is 1.73 bits per heavy atom. The van der Waals surface area contributed by atoms with Gasteiger partial charge in [0, 0.05) is 55.1 Å². The molecule has 5 N–H and O–H groups in total. The minimum absolute atomic E-state index is 0.0415. The van der Waals surface area contributed by atoms with Crippen LogP contribution in [0.1, 0.15) is 55.2 Å². The normalized spacial score (nSPS) is 20.7. The molecule has 0 radical (unpaired) electrons. The van der Waals surface area contributed by atoms with Crippen LogP contribution in [-0.2, 0) is 17.8 Å². The van der Waals surface area contributed by atoms with Gasteiger partial charge in [-0.05, 0) is 86.5 Å². The predicted octanol–water partition coefficient (Wildman–Crippen LogP) is 4.34. The van der Waals surface area contributed by atoms with Gasteiger partial charge in [0.2, 0.25) is 5.91 Å². The van der Waals surface area contributed by atoms with E-state index in [-0.39, 0.29) is 30.4 Å². The number of hydrogen-bond donors (Lipinski definition) is 4. The highest BCUT2D eigenvalue weighted by Gasteiger charge is 2.36. The number of nitrogens with two attached hydrogens (primary N) is 1. The van der Waals surface area contributed by atoms with Crippen molar-refractivity contribution in [1.82, 2.24) is 25.3 Å². The molecule has 12 heteroatoms. The summed E-state index contributed by atoms with van der Waals surface area (Å²) < 4.78 is 0. The van der Waals surface area contributed by atoms with E-state index in [4.69, 9.17) is 23.8 Å². The van der Waals surface area contributed by atoms with Crippen LogP contribution in [-0.4, -0.2) is 84.0 Å². The highest BCUT2D eigenvalue weighted by atomic mass is 35.5. The van der Waals surface area contributed by atoms with Gasteiger partial charge >= 0.3 is 12.1 Å². The van der Waals surface area contributed by atoms with Gasteiger partial charge in [-0.15, -0.1) is 17.8 Å². The molecule has 5 heterocycles. The molecule has 1 aromatic carbocycles. The zero-order valence-corrected chi connectivity index (χ0v) is 27.1. The van der Waals surface area contributed by atoms with Gasteiger partial charge in [0.15, 0.2) is 0 Å². The second kappa shape index (κ2) is 13.9. The molecular weight excluding hydrogens is 610 g/mol. The van der Waals surface area contributed by atoms with Crippen LogP contribution in [0.25, 0.3) is 0 Å². The van der Waals surface area contributed by atoms with E-state index < -0.39 is 6.04 Å². The number of nitrogens with one attached hydrogen (secondary N) is 3. The molecule has 0 spiro atoms. The molecule has 6 rings (SSSR count). The first-order valence-electron chi connectivity index (χ1n) is 16.0. The van der Waals surface area contributed by atoms with Gasteiger partial charge in [-0.2, -0.15) is 0 Å². The fourth-order valence-electron chi connectivity index (χ4n) is 7.39. The minimum Gasteiger partial charge on any atom is -0.397 e. The largest absolute Gasteiger partial charge is 0.397 e. The average Bonchev–Trinajstić information content (AvgIpc) is 3.53. The van der Waals surface area contributed by atoms with Gasteiger partial charge in [-0.3, -0.25) is 4.79 Å². The molecule has 0 bridgehead atoms. The Morgan fingerprint density at radius 3 is 2.44 bits per heavy atom. The molecule has 3 fully saturated rings. The van der Waals surface area contributed by atoms with Gasteiger partial charge in [0.05, 0.1) is 22.9 Å². The predicted molar refractivity (Wildman–Crippen MR) is 178 cm³/mol. The number of likely N-dealkylation sites (tertiary alicyclic amines) is 2. The maximum Gasteiger partial charge on any atom is 0.322 e. The third kappa shape index (κ3) is 7.03. The molecule has 1 atom stereocenters. The lowest BCUT2D eigenvalue weighted by Crippen LogP contribution is -2.57. The standard InChI is InChI=1S/C33H42ClN7O3S/c1-2-22-15-21(16-27(34)30(22)35)17-28(31(42)39-11-5-24(6-12-39)23-3-9-36-10-4-23)37-32(43)40-13-7-26(8-14-40)41-18-25-19-45-20-29(25)38-33(41)44/h1,15-16,19-20,23-24,26,28,36H,3-14,17-18,35H2,(H,37,43)(H,38,44)/t28-/m1/s1. The van der Waals surface area contributed by atoms with Crippen LogP contribution >= 0.6 is 22.9 Å². The van der Waals surface area contributed by atoms with Gasteiger partial charge in [-0.1, -0.05) is 17.5 Å². The monoisotopic (exact) mass is 651 g/mol. The lowest BCUT2D eigenvalue weighted by molar-refractivity contribution is -0.135. The number of thiophene rings is 1. The van der Waals surface area contributed by atoms with Crippen molar-refractivity contribution in [3.8, 4) is 12.3 Å². The van der Waals surface area contributed by atoms with Crippen molar-refractivity contribution in [2.24, 2.45) is 11.8 Å². The number of carbonyl (C=O) groups is 3. The van der Waals surface area contributed by atoms with E-state index in [0.29, 0.717) is 73.7 Å². The van der Waals surface area contributed by atoms with E-state index in [1.807, 2.05) is 15.2 Å².